The second kappa shape index (κ2) is 7.25. The van der Waals surface area contributed by atoms with E-state index >= 15 is 0 Å². The standard InChI is InChI=1S/C17H17ClO3/c1-12(17(20)14-6-4-7-15(18)11-14)21-16-8-3-2-5-13(16)9-10-19/h2-8,11-12,19H,9-10H2,1H3. The van der Waals surface area contributed by atoms with E-state index < -0.39 is 6.10 Å². The second-order valence-corrected chi connectivity index (χ2v) is 5.15. The molecule has 1 N–H and O–H groups in total. The predicted octanol–water partition coefficient (Wildman–Crippen LogP) is 3.53. The van der Waals surface area contributed by atoms with Crippen LogP contribution in [0.25, 0.3) is 0 Å². The SMILES string of the molecule is CC(Oc1ccccc1CCO)C(=O)c1cccc(Cl)c1. The maximum atomic E-state index is 12.3. The Labute approximate surface area is 129 Å². The molecule has 1 atom stereocenters. The van der Waals surface area contributed by atoms with E-state index in [9.17, 15) is 4.79 Å². The largest absolute Gasteiger partial charge is 0.482 e. The quantitative estimate of drug-likeness (QED) is 0.831. The minimum Gasteiger partial charge on any atom is -0.482 e. The van der Waals surface area contributed by atoms with Crippen molar-refractivity contribution in [3.05, 3.63) is 64.7 Å². The smallest absolute Gasteiger partial charge is 0.203 e. The van der Waals surface area contributed by atoms with Crippen LogP contribution in [0.1, 0.15) is 22.8 Å². The molecule has 0 fully saturated rings. The highest BCUT2D eigenvalue weighted by Gasteiger charge is 2.18. The van der Waals surface area contributed by atoms with Gasteiger partial charge in [-0.3, -0.25) is 4.79 Å². The lowest BCUT2D eigenvalue weighted by Gasteiger charge is -2.16. The van der Waals surface area contributed by atoms with Crippen LogP contribution in [0.2, 0.25) is 5.02 Å². The van der Waals surface area contributed by atoms with Gasteiger partial charge in [0.25, 0.3) is 0 Å². The van der Waals surface area contributed by atoms with Crippen LogP contribution in [0.3, 0.4) is 0 Å². The highest BCUT2D eigenvalue weighted by Crippen LogP contribution is 2.21. The van der Waals surface area contributed by atoms with Crippen LogP contribution in [-0.2, 0) is 6.42 Å². The van der Waals surface area contributed by atoms with Gasteiger partial charge in [0.05, 0.1) is 0 Å². The third-order valence-electron chi connectivity index (χ3n) is 3.14. The van der Waals surface area contributed by atoms with Gasteiger partial charge in [-0.25, -0.2) is 0 Å². The molecule has 3 nitrogen and oxygen atoms in total. The number of carbonyl (C=O) groups excluding carboxylic acids is 1. The van der Waals surface area contributed by atoms with E-state index in [1.165, 1.54) is 0 Å². The van der Waals surface area contributed by atoms with Gasteiger partial charge in [0.1, 0.15) is 5.75 Å². The summed E-state index contributed by atoms with van der Waals surface area (Å²) in [6.45, 7) is 1.75. The summed E-state index contributed by atoms with van der Waals surface area (Å²) in [5, 5.41) is 9.58. The van der Waals surface area contributed by atoms with Gasteiger partial charge >= 0.3 is 0 Å². The van der Waals surface area contributed by atoms with E-state index in [0.717, 1.165) is 5.56 Å². The van der Waals surface area contributed by atoms with Crippen molar-refractivity contribution in [2.45, 2.75) is 19.4 Å². The van der Waals surface area contributed by atoms with Crippen LogP contribution in [0.5, 0.6) is 5.75 Å². The Morgan fingerprint density at radius 2 is 2.00 bits per heavy atom. The second-order valence-electron chi connectivity index (χ2n) is 4.72. The van der Waals surface area contributed by atoms with Gasteiger partial charge in [0, 0.05) is 17.2 Å². The summed E-state index contributed by atoms with van der Waals surface area (Å²) in [6, 6.07) is 14.2. The summed E-state index contributed by atoms with van der Waals surface area (Å²) in [7, 11) is 0. The highest BCUT2D eigenvalue weighted by atomic mass is 35.5. The van der Waals surface area contributed by atoms with E-state index in [2.05, 4.69) is 0 Å². The first-order valence-electron chi connectivity index (χ1n) is 6.77. The van der Waals surface area contributed by atoms with Gasteiger partial charge < -0.3 is 9.84 Å². The predicted molar refractivity (Wildman–Crippen MR) is 83.1 cm³/mol. The lowest BCUT2D eigenvalue weighted by molar-refractivity contribution is 0.0816. The number of hydrogen-bond acceptors (Lipinski definition) is 3. The van der Waals surface area contributed by atoms with Gasteiger partial charge in [0.15, 0.2) is 6.10 Å². The number of hydrogen-bond donors (Lipinski definition) is 1. The number of aliphatic hydroxyl groups excluding tert-OH is 1. The minimum atomic E-state index is -0.622. The van der Waals surface area contributed by atoms with Gasteiger partial charge in [-0.05, 0) is 37.1 Å². The molecule has 0 spiro atoms. The molecule has 0 aliphatic heterocycles. The number of rotatable bonds is 6. The van der Waals surface area contributed by atoms with Crippen LogP contribution in [0.4, 0.5) is 0 Å². The third-order valence-corrected chi connectivity index (χ3v) is 3.37. The number of ketones is 1. The molecular formula is C17H17ClO3. The van der Waals surface area contributed by atoms with Crippen molar-refractivity contribution in [2.24, 2.45) is 0 Å². The maximum absolute atomic E-state index is 12.3. The molecule has 110 valence electrons. The number of ether oxygens (including phenoxy) is 1. The topological polar surface area (TPSA) is 46.5 Å². The zero-order valence-corrected chi connectivity index (χ0v) is 12.5. The average Bonchev–Trinajstić information content (AvgIpc) is 2.48. The molecule has 0 aliphatic carbocycles. The number of para-hydroxylation sites is 1. The molecule has 21 heavy (non-hydrogen) atoms. The maximum Gasteiger partial charge on any atom is 0.203 e. The number of carbonyl (C=O) groups is 1. The van der Waals surface area contributed by atoms with Gasteiger partial charge in [-0.2, -0.15) is 0 Å². The first kappa shape index (κ1) is 15.5. The molecule has 0 radical (unpaired) electrons. The molecule has 0 bridgehead atoms. The lowest BCUT2D eigenvalue weighted by atomic mass is 10.1. The fourth-order valence-electron chi connectivity index (χ4n) is 2.07. The molecule has 4 heteroatoms. The van der Waals surface area contributed by atoms with Crippen molar-refractivity contribution in [1.29, 1.82) is 0 Å². The van der Waals surface area contributed by atoms with E-state index in [4.69, 9.17) is 21.4 Å². The van der Waals surface area contributed by atoms with Crippen molar-refractivity contribution in [3.63, 3.8) is 0 Å². The van der Waals surface area contributed by atoms with E-state index in [-0.39, 0.29) is 12.4 Å². The van der Waals surface area contributed by atoms with Gasteiger partial charge in [-0.15, -0.1) is 0 Å². The summed E-state index contributed by atoms with van der Waals surface area (Å²) in [5.74, 6) is 0.491. The third kappa shape index (κ3) is 4.06. The molecule has 2 aromatic carbocycles. The summed E-state index contributed by atoms with van der Waals surface area (Å²) in [4.78, 5) is 12.3. The molecular weight excluding hydrogens is 288 g/mol. The number of aliphatic hydroxyl groups is 1. The van der Waals surface area contributed by atoms with Crippen molar-refractivity contribution < 1.29 is 14.6 Å². The van der Waals surface area contributed by atoms with Crippen LogP contribution in [0, 0.1) is 0 Å². The van der Waals surface area contributed by atoms with Crippen LogP contribution >= 0.6 is 11.6 Å². The minimum absolute atomic E-state index is 0.0387. The zero-order chi connectivity index (χ0) is 15.2. The molecule has 0 aromatic heterocycles. The van der Waals surface area contributed by atoms with Crippen LogP contribution in [-0.4, -0.2) is 23.6 Å². The molecule has 0 aliphatic rings. The Balaban J connectivity index is 2.14. The summed E-state index contributed by atoms with van der Waals surface area (Å²) in [5.41, 5.74) is 1.40. The monoisotopic (exact) mass is 304 g/mol. The Bertz CT molecular complexity index is 625. The van der Waals surface area contributed by atoms with Crippen molar-refractivity contribution in [1.82, 2.24) is 0 Å². The fourth-order valence-corrected chi connectivity index (χ4v) is 2.26. The Hall–Kier alpha value is -1.84. The molecule has 2 rings (SSSR count). The highest BCUT2D eigenvalue weighted by molar-refractivity contribution is 6.31. The van der Waals surface area contributed by atoms with Crippen molar-refractivity contribution in [2.75, 3.05) is 6.61 Å². The Morgan fingerprint density at radius 3 is 2.71 bits per heavy atom. The molecule has 0 heterocycles. The molecule has 0 amide bonds. The van der Waals surface area contributed by atoms with Gasteiger partial charge in [-0.1, -0.05) is 41.9 Å². The van der Waals surface area contributed by atoms with Crippen molar-refractivity contribution in [3.8, 4) is 5.75 Å². The van der Waals surface area contributed by atoms with Crippen LogP contribution < -0.4 is 4.74 Å². The number of benzene rings is 2. The first-order chi connectivity index (χ1) is 10.1. The van der Waals surface area contributed by atoms with Gasteiger partial charge in [0.2, 0.25) is 5.78 Å². The molecule has 2 aromatic rings. The van der Waals surface area contributed by atoms with Crippen molar-refractivity contribution >= 4 is 17.4 Å². The fraction of sp³-hybridized carbons (Fsp3) is 0.235. The normalized spacial score (nSPS) is 12.0. The summed E-state index contributed by atoms with van der Waals surface area (Å²) in [6.07, 6.45) is -0.128. The summed E-state index contributed by atoms with van der Waals surface area (Å²) < 4.78 is 5.75. The van der Waals surface area contributed by atoms with E-state index in [1.807, 2.05) is 18.2 Å². The molecule has 0 saturated carbocycles. The molecule has 1 unspecified atom stereocenters. The first-order valence-corrected chi connectivity index (χ1v) is 7.15. The van der Waals surface area contributed by atoms with Crippen LogP contribution in [0.15, 0.2) is 48.5 Å². The zero-order valence-electron chi connectivity index (χ0n) is 11.8. The Kier molecular flexibility index (Phi) is 5.37. The summed E-state index contributed by atoms with van der Waals surface area (Å²) >= 11 is 5.90. The van der Waals surface area contributed by atoms with E-state index in [1.54, 1.807) is 37.3 Å². The number of Topliss-reactive ketones (excluding diaryl/α,β-unsaturated/α-hetero) is 1. The average molecular weight is 305 g/mol. The lowest BCUT2D eigenvalue weighted by Crippen LogP contribution is -2.24. The van der Waals surface area contributed by atoms with E-state index in [0.29, 0.717) is 22.8 Å². The molecule has 0 saturated heterocycles. The number of halogens is 1. The Morgan fingerprint density at radius 1 is 1.24 bits per heavy atom.